The van der Waals surface area contributed by atoms with Crippen molar-refractivity contribution in [1.29, 1.82) is 0 Å². The maximum Gasteiger partial charge on any atom is 0.123 e. The van der Waals surface area contributed by atoms with Crippen molar-refractivity contribution in [3.05, 3.63) is 30.1 Å². The maximum absolute atomic E-state index is 4.73. The summed E-state index contributed by atoms with van der Waals surface area (Å²) in [4.78, 5) is 4.73. The van der Waals surface area contributed by atoms with E-state index < -0.39 is 0 Å². The van der Waals surface area contributed by atoms with Gasteiger partial charge in [-0.15, -0.1) is 0 Å². The smallest absolute Gasteiger partial charge is 0.123 e. The van der Waals surface area contributed by atoms with E-state index in [1.807, 2.05) is 6.07 Å². The maximum atomic E-state index is 4.73. The van der Waals surface area contributed by atoms with Crippen LogP contribution in [0.1, 0.15) is 51.8 Å². The molecule has 0 radical (unpaired) electrons. The summed E-state index contributed by atoms with van der Waals surface area (Å²) in [5.74, 6) is 1.13. The van der Waals surface area contributed by atoms with Gasteiger partial charge in [0.05, 0.1) is 17.6 Å². The molecule has 3 heteroatoms. The van der Waals surface area contributed by atoms with Gasteiger partial charge in [0, 0.05) is 13.1 Å². The van der Waals surface area contributed by atoms with E-state index in [9.17, 15) is 0 Å². The number of fused-ring (bicyclic) bond motifs is 1. The minimum Gasteiger partial charge on any atom is -0.330 e. The molecule has 0 saturated carbocycles. The van der Waals surface area contributed by atoms with Gasteiger partial charge in [-0.05, 0) is 25.0 Å². The second-order valence-electron chi connectivity index (χ2n) is 5.58. The molecule has 0 aliphatic carbocycles. The van der Waals surface area contributed by atoms with Crippen LogP contribution in [-0.4, -0.2) is 15.6 Å². The second-order valence-corrected chi connectivity index (χ2v) is 5.58. The number of unbranched alkanes of at least 4 members (excludes halogenated alkanes) is 1. The zero-order valence-corrected chi connectivity index (χ0v) is 13.0. The first-order valence-electron chi connectivity index (χ1n) is 7.90. The third-order valence-corrected chi connectivity index (χ3v) is 3.97. The van der Waals surface area contributed by atoms with Crippen molar-refractivity contribution in [3.8, 4) is 0 Å². The minimum atomic E-state index is 0.625. The Balaban J connectivity index is 2.01. The molecule has 2 rings (SSSR count). The van der Waals surface area contributed by atoms with E-state index in [0.29, 0.717) is 6.04 Å². The van der Waals surface area contributed by atoms with Crippen LogP contribution >= 0.6 is 0 Å². The van der Waals surface area contributed by atoms with E-state index in [4.69, 9.17) is 4.98 Å². The average Bonchev–Trinajstić information content (AvgIpc) is 2.79. The number of aryl methyl sites for hydroxylation is 1. The molecule has 0 bridgehead atoms. The van der Waals surface area contributed by atoms with Crippen LogP contribution in [0.25, 0.3) is 11.0 Å². The zero-order valence-electron chi connectivity index (χ0n) is 13.0. The summed E-state index contributed by atoms with van der Waals surface area (Å²) in [6.07, 6.45) is 6.34. The Labute approximate surface area is 122 Å². The van der Waals surface area contributed by atoms with Gasteiger partial charge in [0.15, 0.2) is 0 Å². The van der Waals surface area contributed by atoms with E-state index in [2.05, 4.69) is 49.0 Å². The van der Waals surface area contributed by atoms with Crippen LogP contribution in [0.2, 0.25) is 0 Å². The van der Waals surface area contributed by atoms with Crippen molar-refractivity contribution in [1.82, 2.24) is 14.9 Å². The summed E-state index contributed by atoms with van der Waals surface area (Å²) >= 11 is 0. The van der Waals surface area contributed by atoms with E-state index in [-0.39, 0.29) is 0 Å². The molecule has 0 amide bonds. The lowest BCUT2D eigenvalue weighted by molar-refractivity contribution is 0.426. The predicted octanol–water partition coefficient (Wildman–Crippen LogP) is 4.02. The molecule has 0 fully saturated rings. The molecule has 0 saturated heterocycles. The molecule has 110 valence electrons. The molecule has 1 aromatic carbocycles. The molecular formula is C17H27N3. The molecular weight excluding hydrogens is 246 g/mol. The number of nitrogens with zero attached hydrogens (tertiary/aromatic N) is 2. The summed E-state index contributed by atoms with van der Waals surface area (Å²) in [5, 5.41) is 3.69. The number of aromatic nitrogens is 2. The Morgan fingerprint density at radius 1 is 1.15 bits per heavy atom. The quantitative estimate of drug-likeness (QED) is 0.787. The molecule has 1 atom stereocenters. The van der Waals surface area contributed by atoms with Gasteiger partial charge in [-0.25, -0.2) is 4.98 Å². The lowest BCUT2D eigenvalue weighted by atomic mass is 10.1. The van der Waals surface area contributed by atoms with E-state index >= 15 is 0 Å². The first kappa shape index (κ1) is 15.0. The Morgan fingerprint density at radius 3 is 2.65 bits per heavy atom. The topological polar surface area (TPSA) is 29.9 Å². The van der Waals surface area contributed by atoms with Crippen molar-refractivity contribution >= 4 is 11.0 Å². The number of benzene rings is 1. The fourth-order valence-electron chi connectivity index (χ4n) is 2.74. The number of hydrogen-bond acceptors (Lipinski definition) is 2. The first-order chi connectivity index (χ1) is 9.76. The fraction of sp³-hybridized carbons (Fsp3) is 0.588. The monoisotopic (exact) mass is 273 g/mol. The third kappa shape index (κ3) is 3.60. The van der Waals surface area contributed by atoms with Crippen molar-refractivity contribution in [2.45, 2.75) is 58.5 Å². The SMILES string of the molecule is CCCCC(CCC)NCc1nc2ccccc2n1C. The molecule has 1 aromatic heterocycles. The largest absolute Gasteiger partial charge is 0.330 e. The molecule has 20 heavy (non-hydrogen) atoms. The van der Waals surface area contributed by atoms with Crippen LogP contribution in [0.3, 0.4) is 0 Å². The van der Waals surface area contributed by atoms with Crippen LogP contribution < -0.4 is 5.32 Å². The second kappa shape index (κ2) is 7.44. The van der Waals surface area contributed by atoms with E-state index in [1.54, 1.807) is 0 Å². The van der Waals surface area contributed by atoms with Gasteiger partial charge in [-0.2, -0.15) is 0 Å². The van der Waals surface area contributed by atoms with Gasteiger partial charge >= 0.3 is 0 Å². The minimum absolute atomic E-state index is 0.625. The number of rotatable bonds is 8. The van der Waals surface area contributed by atoms with Crippen LogP contribution in [0.15, 0.2) is 24.3 Å². The molecule has 0 aliphatic rings. The number of hydrogen-bond donors (Lipinski definition) is 1. The highest BCUT2D eigenvalue weighted by molar-refractivity contribution is 5.75. The van der Waals surface area contributed by atoms with Crippen LogP contribution in [0, 0.1) is 0 Å². The first-order valence-corrected chi connectivity index (χ1v) is 7.90. The molecule has 0 spiro atoms. The highest BCUT2D eigenvalue weighted by Gasteiger charge is 2.10. The van der Waals surface area contributed by atoms with Crippen molar-refractivity contribution in [3.63, 3.8) is 0 Å². The highest BCUT2D eigenvalue weighted by atomic mass is 15.1. The van der Waals surface area contributed by atoms with Gasteiger partial charge in [-0.3, -0.25) is 0 Å². The normalized spacial score (nSPS) is 12.9. The summed E-state index contributed by atoms with van der Waals surface area (Å²) in [6.45, 7) is 5.38. The zero-order chi connectivity index (χ0) is 14.4. The third-order valence-electron chi connectivity index (χ3n) is 3.97. The lowest BCUT2D eigenvalue weighted by Crippen LogP contribution is -2.29. The standard InChI is InChI=1S/C17H27N3/c1-4-6-10-14(9-5-2)18-13-17-19-15-11-7-8-12-16(15)20(17)3/h7-8,11-12,14,18H,4-6,9-10,13H2,1-3H3. The Morgan fingerprint density at radius 2 is 1.95 bits per heavy atom. The van der Waals surface area contributed by atoms with Crippen molar-refractivity contribution in [2.75, 3.05) is 0 Å². The number of imidazole rings is 1. The van der Waals surface area contributed by atoms with Gasteiger partial charge in [0.2, 0.25) is 0 Å². The van der Waals surface area contributed by atoms with Gasteiger partial charge in [0.25, 0.3) is 0 Å². The summed E-state index contributed by atoms with van der Waals surface area (Å²) in [6, 6.07) is 8.96. The fourth-order valence-corrected chi connectivity index (χ4v) is 2.74. The van der Waals surface area contributed by atoms with Gasteiger partial charge in [0.1, 0.15) is 5.82 Å². The van der Waals surface area contributed by atoms with Crippen molar-refractivity contribution in [2.24, 2.45) is 7.05 Å². The molecule has 2 aromatic rings. The predicted molar refractivity (Wildman–Crippen MR) is 85.8 cm³/mol. The summed E-state index contributed by atoms with van der Waals surface area (Å²) < 4.78 is 2.20. The molecule has 1 unspecified atom stereocenters. The number of nitrogens with one attached hydrogen (secondary N) is 1. The van der Waals surface area contributed by atoms with E-state index in [1.165, 1.54) is 37.6 Å². The Bertz CT molecular complexity index is 530. The van der Waals surface area contributed by atoms with Crippen LogP contribution in [-0.2, 0) is 13.6 Å². The molecule has 0 aliphatic heterocycles. The lowest BCUT2D eigenvalue weighted by Gasteiger charge is -2.17. The van der Waals surface area contributed by atoms with Crippen molar-refractivity contribution < 1.29 is 0 Å². The molecule has 1 heterocycles. The summed E-state index contributed by atoms with van der Waals surface area (Å²) in [7, 11) is 2.10. The van der Waals surface area contributed by atoms with Gasteiger partial charge in [-0.1, -0.05) is 45.2 Å². The van der Waals surface area contributed by atoms with Crippen LogP contribution in [0.4, 0.5) is 0 Å². The highest BCUT2D eigenvalue weighted by Crippen LogP contribution is 2.15. The number of para-hydroxylation sites is 2. The van der Waals surface area contributed by atoms with Gasteiger partial charge < -0.3 is 9.88 Å². The Hall–Kier alpha value is -1.35. The summed E-state index contributed by atoms with van der Waals surface area (Å²) in [5.41, 5.74) is 2.30. The Kier molecular flexibility index (Phi) is 5.60. The molecule has 1 N–H and O–H groups in total. The van der Waals surface area contributed by atoms with Crippen LogP contribution in [0.5, 0.6) is 0 Å². The van der Waals surface area contributed by atoms with E-state index in [0.717, 1.165) is 17.9 Å². The average molecular weight is 273 g/mol. The molecule has 3 nitrogen and oxygen atoms in total.